The summed E-state index contributed by atoms with van der Waals surface area (Å²) >= 11 is 0. The number of rotatable bonds is 4. The number of aromatic nitrogens is 2. The topological polar surface area (TPSA) is 74.8 Å². The van der Waals surface area contributed by atoms with Crippen molar-refractivity contribution in [2.75, 3.05) is 6.26 Å². The van der Waals surface area contributed by atoms with Gasteiger partial charge in [0, 0.05) is 24.0 Å². The summed E-state index contributed by atoms with van der Waals surface area (Å²) in [5.41, 5.74) is 3.16. The number of sulfone groups is 1. The van der Waals surface area contributed by atoms with Gasteiger partial charge in [-0.2, -0.15) is 5.10 Å². The second-order valence-corrected chi connectivity index (χ2v) is 8.15. The molecule has 0 fully saturated rings. The van der Waals surface area contributed by atoms with Crippen molar-refractivity contribution in [3.63, 3.8) is 0 Å². The second-order valence-electron chi connectivity index (χ2n) is 6.16. The summed E-state index contributed by atoms with van der Waals surface area (Å²) in [5.74, 6) is -0.695. The first-order valence-corrected chi connectivity index (χ1v) is 9.50. The van der Waals surface area contributed by atoms with E-state index < -0.39 is 15.7 Å². The van der Waals surface area contributed by atoms with Gasteiger partial charge in [-0.05, 0) is 49.4 Å². The fourth-order valence-corrected chi connectivity index (χ4v) is 3.82. The lowest BCUT2D eigenvalue weighted by Crippen LogP contribution is -2.36. The molecule has 0 saturated carbocycles. The molecule has 5 nitrogen and oxygen atoms in total. The number of H-pyrrole nitrogens is 1. The van der Waals surface area contributed by atoms with Crippen molar-refractivity contribution in [1.29, 1.82) is 0 Å². The number of aryl methyl sites for hydroxylation is 1. The summed E-state index contributed by atoms with van der Waals surface area (Å²) < 4.78 is 37.0. The van der Waals surface area contributed by atoms with Crippen molar-refractivity contribution in [3.8, 4) is 0 Å². The SMILES string of the molecule is C[C@H](N[C@@H]1CCc2[nH]ncc2C1)c1ccc(S(C)(=O)=O)c(F)c1. The quantitative estimate of drug-likeness (QED) is 0.896. The average Bonchev–Trinajstić information content (AvgIpc) is 2.93. The standard InChI is InChI=1S/C16H20FN3O2S/c1-10(11-3-6-16(14(17)8-11)23(2,21)22)19-13-4-5-15-12(7-13)9-18-20-15/h3,6,8-10,13,19H,4-5,7H2,1-2H3,(H,18,20)/t10-,13+/m0/s1. The minimum atomic E-state index is -3.54. The molecule has 1 aliphatic carbocycles. The lowest BCUT2D eigenvalue weighted by atomic mass is 9.92. The smallest absolute Gasteiger partial charge is 0.178 e. The number of fused-ring (bicyclic) bond motifs is 1. The molecule has 23 heavy (non-hydrogen) atoms. The first-order chi connectivity index (χ1) is 10.8. The van der Waals surface area contributed by atoms with E-state index in [4.69, 9.17) is 0 Å². The maximum Gasteiger partial charge on any atom is 0.178 e. The van der Waals surface area contributed by atoms with Crippen molar-refractivity contribution in [2.24, 2.45) is 0 Å². The van der Waals surface area contributed by atoms with E-state index in [1.165, 1.54) is 23.4 Å². The fraction of sp³-hybridized carbons (Fsp3) is 0.438. The highest BCUT2D eigenvalue weighted by Gasteiger charge is 2.22. The summed E-state index contributed by atoms with van der Waals surface area (Å²) in [6.07, 6.45) is 5.69. The van der Waals surface area contributed by atoms with E-state index in [2.05, 4.69) is 15.5 Å². The molecule has 2 aromatic rings. The van der Waals surface area contributed by atoms with Gasteiger partial charge in [0.05, 0.1) is 6.20 Å². The first kappa shape index (κ1) is 16.1. The average molecular weight is 337 g/mol. The second kappa shape index (κ2) is 6.05. The van der Waals surface area contributed by atoms with Crippen LogP contribution in [0.15, 0.2) is 29.3 Å². The van der Waals surface area contributed by atoms with Gasteiger partial charge in [0.15, 0.2) is 9.84 Å². The highest BCUT2D eigenvalue weighted by Crippen LogP contribution is 2.24. The van der Waals surface area contributed by atoms with Crippen molar-refractivity contribution >= 4 is 9.84 Å². The maximum absolute atomic E-state index is 14.0. The molecule has 1 heterocycles. The van der Waals surface area contributed by atoms with E-state index in [-0.39, 0.29) is 10.9 Å². The molecule has 2 atom stereocenters. The van der Waals surface area contributed by atoms with Crippen molar-refractivity contribution < 1.29 is 12.8 Å². The van der Waals surface area contributed by atoms with Crippen LogP contribution < -0.4 is 5.32 Å². The number of hydrogen-bond donors (Lipinski definition) is 2. The van der Waals surface area contributed by atoms with Gasteiger partial charge < -0.3 is 5.32 Å². The summed E-state index contributed by atoms with van der Waals surface area (Å²) in [5, 5.41) is 10.6. The molecular weight excluding hydrogens is 317 g/mol. The monoisotopic (exact) mass is 337 g/mol. The molecule has 0 aliphatic heterocycles. The Labute approximate surface area is 135 Å². The molecule has 0 bridgehead atoms. The van der Waals surface area contributed by atoms with Crippen LogP contribution in [-0.2, 0) is 22.7 Å². The molecule has 1 aromatic heterocycles. The van der Waals surface area contributed by atoms with Crippen LogP contribution in [0.5, 0.6) is 0 Å². The number of nitrogens with one attached hydrogen (secondary N) is 2. The minimum absolute atomic E-state index is 0.0587. The molecule has 3 rings (SSSR count). The molecule has 0 spiro atoms. The van der Waals surface area contributed by atoms with Crippen LogP contribution >= 0.6 is 0 Å². The van der Waals surface area contributed by atoms with Crippen LogP contribution in [-0.4, -0.2) is 30.9 Å². The van der Waals surface area contributed by atoms with E-state index >= 15 is 0 Å². The van der Waals surface area contributed by atoms with Gasteiger partial charge in [-0.3, -0.25) is 5.10 Å². The molecule has 124 valence electrons. The molecule has 0 unspecified atom stereocenters. The maximum atomic E-state index is 14.0. The van der Waals surface area contributed by atoms with Crippen LogP contribution in [0.1, 0.15) is 36.2 Å². The predicted octanol–water partition coefficient (Wildman–Crippen LogP) is 2.16. The van der Waals surface area contributed by atoms with E-state index in [1.807, 2.05) is 13.1 Å². The van der Waals surface area contributed by atoms with Gasteiger partial charge in [-0.1, -0.05) is 6.07 Å². The Morgan fingerprint density at radius 3 is 2.91 bits per heavy atom. The molecular formula is C16H20FN3O2S. The van der Waals surface area contributed by atoms with Gasteiger partial charge in [0.2, 0.25) is 0 Å². The normalized spacial score (nSPS) is 19.3. The lowest BCUT2D eigenvalue weighted by Gasteiger charge is -2.27. The minimum Gasteiger partial charge on any atom is -0.307 e. The Morgan fingerprint density at radius 2 is 2.22 bits per heavy atom. The van der Waals surface area contributed by atoms with E-state index in [1.54, 1.807) is 6.07 Å². The number of benzene rings is 1. The zero-order chi connectivity index (χ0) is 16.6. The van der Waals surface area contributed by atoms with Gasteiger partial charge in [-0.15, -0.1) is 0 Å². The zero-order valence-electron chi connectivity index (χ0n) is 13.1. The van der Waals surface area contributed by atoms with E-state index in [0.29, 0.717) is 6.04 Å². The van der Waals surface area contributed by atoms with Gasteiger partial charge in [-0.25, -0.2) is 12.8 Å². The van der Waals surface area contributed by atoms with E-state index in [0.717, 1.165) is 31.1 Å². The van der Waals surface area contributed by atoms with E-state index in [9.17, 15) is 12.8 Å². The zero-order valence-corrected chi connectivity index (χ0v) is 14.0. The molecule has 0 amide bonds. The first-order valence-electron chi connectivity index (χ1n) is 7.61. The Bertz CT molecular complexity index is 816. The van der Waals surface area contributed by atoms with Gasteiger partial charge >= 0.3 is 0 Å². The van der Waals surface area contributed by atoms with Crippen molar-refractivity contribution in [3.05, 3.63) is 47.0 Å². The van der Waals surface area contributed by atoms with Crippen LogP contribution in [0.25, 0.3) is 0 Å². The Morgan fingerprint density at radius 1 is 1.43 bits per heavy atom. The molecule has 0 saturated heterocycles. The lowest BCUT2D eigenvalue weighted by molar-refractivity contribution is 0.411. The Hall–Kier alpha value is -1.73. The molecule has 1 aromatic carbocycles. The number of halogens is 1. The van der Waals surface area contributed by atoms with Gasteiger partial charge in [0.25, 0.3) is 0 Å². The summed E-state index contributed by atoms with van der Waals surface area (Å²) in [6, 6.07) is 4.56. The number of hydrogen-bond acceptors (Lipinski definition) is 4. The van der Waals surface area contributed by atoms with Crippen LogP contribution in [0.3, 0.4) is 0 Å². The summed E-state index contributed by atoms with van der Waals surface area (Å²) in [4.78, 5) is -0.255. The third kappa shape index (κ3) is 3.45. The Balaban J connectivity index is 1.72. The van der Waals surface area contributed by atoms with Gasteiger partial charge in [0.1, 0.15) is 10.7 Å². The third-order valence-electron chi connectivity index (χ3n) is 4.36. The van der Waals surface area contributed by atoms with Crippen molar-refractivity contribution in [2.45, 2.75) is 43.2 Å². The van der Waals surface area contributed by atoms with Crippen LogP contribution in [0, 0.1) is 5.82 Å². The molecule has 7 heteroatoms. The predicted molar refractivity (Wildman–Crippen MR) is 85.5 cm³/mol. The fourth-order valence-electron chi connectivity index (χ4n) is 3.10. The van der Waals surface area contributed by atoms with Crippen LogP contribution in [0.4, 0.5) is 4.39 Å². The molecule has 1 aliphatic rings. The molecule has 0 radical (unpaired) electrons. The number of aromatic amines is 1. The summed E-state index contributed by atoms with van der Waals surface area (Å²) in [7, 11) is -3.54. The molecule has 2 N–H and O–H groups in total. The summed E-state index contributed by atoms with van der Waals surface area (Å²) in [6.45, 7) is 1.96. The highest BCUT2D eigenvalue weighted by atomic mass is 32.2. The number of nitrogens with zero attached hydrogens (tertiary/aromatic N) is 1. The third-order valence-corrected chi connectivity index (χ3v) is 5.49. The largest absolute Gasteiger partial charge is 0.307 e. The van der Waals surface area contributed by atoms with Crippen LogP contribution in [0.2, 0.25) is 0 Å². The highest BCUT2D eigenvalue weighted by molar-refractivity contribution is 7.90. The Kier molecular flexibility index (Phi) is 4.25. The van der Waals surface area contributed by atoms with Crippen molar-refractivity contribution in [1.82, 2.24) is 15.5 Å².